The summed E-state index contributed by atoms with van der Waals surface area (Å²) >= 11 is 1.84. The molecule has 2 nitrogen and oxygen atoms in total. The molecule has 0 aromatic rings. The van der Waals surface area contributed by atoms with Crippen LogP contribution < -0.4 is 0 Å². The monoisotopic (exact) mass is 202 g/mol. The first-order chi connectivity index (χ1) is 6.25. The van der Waals surface area contributed by atoms with Gasteiger partial charge in [0.2, 0.25) is 0 Å². The van der Waals surface area contributed by atoms with Crippen LogP contribution in [0.2, 0.25) is 0 Å². The molecule has 0 spiro atoms. The number of carbonyl (C=O) groups is 1. The maximum atomic E-state index is 11.7. The fraction of sp³-hybridized carbons (Fsp3) is 0.900. The standard InChI is InChI=1S/C10H18O2S/c1-3-9(11)10(12-4-2)6-5-7-13-8-10/h3-8H2,1-2H3. The van der Waals surface area contributed by atoms with E-state index in [0.29, 0.717) is 13.0 Å². The number of hydrogen-bond acceptors (Lipinski definition) is 3. The Hall–Kier alpha value is -0.0200. The molecular formula is C10H18O2S. The Kier molecular flexibility index (Phi) is 4.26. The quantitative estimate of drug-likeness (QED) is 0.699. The second-order valence-corrected chi connectivity index (χ2v) is 4.47. The average Bonchev–Trinajstić information content (AvgIpc) is 2.18. The lowest BCUT2D eigenvalue weighted by atomic mass is 9.92. The highest BCUT2D eigenvalue weighted by molar-refractivity contribution is 7.99. The zero-order chi connectivity index (χ0) is 9.73. The van der Waals surface area contributed by atoms with Crippen molar-refractivity contribution in [1.29, 1.82) is 0 Å². The second kappa shape index (κ2) is 5.01. The number of rotatable bonds is 4. The van der Waals surface area contributed by atoms with Crippen LogP contribution in [-0.4, -0.2) is 29.5 Å². The molecule has 1 aliphatic heterocycles. The van der Waals surface area contributed by atoms with E-state index in [1.807, 2.05) is 25.6 Å². The predicted molar refractivity (Wildman–Crippen MR) is 56.2 cm³/mol. The first-order valence-electron chi connectivity index (χ1n) is 5.00. The van der Waals surface area contributed by atoms with Crippen LogP contribution in [0, 0.1) is 0 Å². The summed E-state index contributed by atoms with van der Waals surface area (Å²) in [7, 11) is 0. The number of thioether (sulfide) groups is 1. The minimum absolute atomic E-state index is 0.279. The molecular weight excluding hydrogens is 184 g/mol. The molecule has 13 heavy (non-hydrogen) atoms. The van der Waals surface area contributed by atoms with Crippen molar-refractivity contribution in [1.82, 2.24) is 0 Å². The molecule has 1 saturated heterocycles. The molecule has 0 aliphatic carbocycles. The molecule has 1 rings (SSSR count). The second-order valence-electron chi connectivity index (χ2n) is 3.36. The lowest BCUT2D eigenvalue weighted by Gasteiger charge is -2.34. The summed E-state index contributed by atoms with van der Waals surface area (Å²) in [5.74, 6) is 2.31. The minimum Gasteiger partial charge on any atom is -0.367 e. The molecule has 1 atom stereocenters. The number of ether oxygens (including phenoxy) is 1. The largest absolute Gasteiger partial charge is 0.367 e. The third-order valence-electron chi connectivity index (χ3n) is 2.45. The van der Waals surface area contributed by atoms with Crippen molar-refractivity contribution >= 4 is 17.5 Å². The van der Waals surface area contributed by atoms with E-state index in [9.17, 15) is 4.79 Å². The van der Waals surface area contributed by atoms with Crippen molar-refractivity contribution in [3.05, 3.63) is 0 Å². The van der Waals surface area contributed by atoms with E-state index in [1.54, 1.807) is 0 Å². The van der Waals surface area contributed by atoms with Crippen LogP contribution in [0.4, 0.5) is 0 Å². The van der Waals surface area contributed by atoms with Crippen LogP contribution in [0.15, 0.2) is 0 Å². The minimum atomic E-state index is -0.438. The van der Waals surface area contributed by atoms with Gasteiger partial charge in [-0.1, -0.05) is 6.92 Å². The summed E-state index contributed by atoms with van der Waals surface area (Å²) < 4.78 is 5.65. The van der Waals surface area contributed by atoms with Gasteiger partial charge in [-0.15, -0.1) is 0 Å². The Labute approximate surface area is 84.4 Å². The summed E-state index contributed by atoms with van der Waals surface area (Å²) in [5.41, 5.74) is -0.438. The van der Waals surface area contributed by atoms with Crippen molar-refractivity contribution < 1.29 is 9.53 Å². The molecule has 1 fully saturated rings. The number of hydrogen-bond donors (Lipinski definition) is 0. The lowest BCUT2D eigenvalue weighted by molar-refractivity contribution is -0.142. The first-order valence-corrected chi connectivity index (χ1v) is 6.15. The summed E-state index contributed by atoms with van der Waals surface area (Å²) in [6, 6.07) is 0. The molecule has 0 bridgehead atoms. The summed E-state index contributed by atoms with van der Waals surface area (Å²) in [6.07, 6.45) is 2.62. The molecule has 1 unspecified atom stereocenters. The molecule has 1 aliphatic rings. The van der Waals surface area contributed by atoms with Gasteiger partial charge in [-0.25, -0.2) is 0 Å². The fourth-order valence-electron chi connectivity index (χ4n) is 1.78. The van der Waals surface area contributed by atoms with E-state index in [1.165, 1.54) is 5.75 Å². The van der Waals surface area contributed by atoms with E-state index in [-0.39, 0.29) is 5.78 Å². The lowest BCUT2D eigenvalue weighted by Crippen LogP contribution is -2.46. The molecule has 0 amide bonds. The molecule has 0 N–H and O–H groups in total. The number of ketones is 1. The molecule has 1 heterocycles. The van der Waals surface area contributed by atoms with E-state index in [2.05, 4.69) is 0 Å². The highest BCUT2D eigenvalue weighted by atomic mass is 32.2. The van der Waals surface area contributed by atoms with Crippen LogP contribution in [0.25, 0.3) is 0 Å². The Bertz CT molecular complexity index is 168. The molecule has 0 aromatic heterocycles. The first kappa shape index (κ1) is 11.1. The molecule has 0 aromatic carbocycles. The van der Waals surface area contributed by atoms with E-state index < -0.39 is 5.60 Å². The Morgan fingerprint density at radius 1 is 1.54 bits per heavy atom. The number of Topliss-reactive ketones (excluding diaryl/α,β-unsaturated/α-hetero) is 1. The van der Waals surface area contributed by atoms with Crippen LogP contribution >= 0.6 is 11.8 Å². The van der Waals surface area contributed by atoms with E-state index >= 15 is 0 Å². The zero-order valence-corrected chi connectivity index (χ0v) is 9.28. The van der Waals surface area contributed by atoms with Gasteiger partial charge < -0.3 is 4.74 Å². The average molecular weight is 202 g/mol. The van der Waals surface area contributed by atoms with Crippen molar-refractivity contribution in [2.24, 2.45) is 0 Å². The van der Waals surface area contributed by atoms with Gasteiger partial charge in [0.05, 0.1) is 0 Å². The van der Waals surface area contributed by atoms with Gasteiger partial charge in [-0.05, 0) is 25.5 Å². The van der Waals surface area contributed by atoms with E-state index in [0.717, 1.165) is 18.6 Å². The normalized spacial score (nSPS) is 28.8. The summed E-state index contributed by atoms with van der Waals surface area (Å²) in [5, 5.41) is 0. The van der Waals surface area contributed by atoms with Gasteiger partial charge in [0, 0.05) is 18.8 Å². The van der Waals surface area contributed by atoms with Gasteiger partial charge in [0.15, 0.2) is 5.78 Å². The van der Waals surface area contributed by atoms with Gasteiger partial charge in [-0.2, -0.15) is 11.8 Å². The Balaban J connectivity index is 2.66. The topological polar surface area (TPSA) is 26.3 Å². The summed E-state index contributed by atoms with van der Waals surface area (Å²) in [6.45, 7) is 4.53. The maximum Gasteiger partial charge on any atom is 0.165 e. The maximum absolute atomic E-state index is 11.7. The van der Waals surface area contributed by atoms with Gasteiger partial charge in [-0.3, -0.25) is 4.79 Å². The molecule has 76 valence electrons. The van der Waals surface area contributed by atoms with Gasteiger partial charge in [0.25, 0.3) is 0 Å². The van der Waals surface area contributed by atoms with Crippen molar-refractivity contribution in [3.8, 4) is 0 Å². The van der Waals surface area contributed by atoms with Crippen LogP contribution in [0.5, 0.6) is 0 Å². The predicted octanol–water partition coefficient (Wildman–Crippen LogP) is 2.27. The highest BCUT2D eigenvalue weighted by Crippen LogP contribution is 2.31. The fourth-order valence-corrected chi connectivity index (χ4v) is 2.99. The van der Waals surface area contributed by atoms with E-state index in [4.69, 9.17) is 4.74 Å². The van der Waals surface area contributed by atoms with Gasteiger partial charge in [0.1, 0.15) is 5.60 Å². The highest BCUT2D eigenvalue weighted by Gasteiger charge is 2.39. The van der Waals surface area contributed by atoms with Crippen molar-refractivity contribution in [2.45, 2.75) is 38.7 Å². The number of carbonyl (C=O) groups excluding carboxylic acids is 1. The molecule has 0 radical (unpaired) electrons. The van der Waals surface area contributed by atoms with Crippen LogP contribution in [-0.2, 0) is 9.53 Å². The smallest absolute Gasteiger partial charge is 0.165 e. The zero-order valence-electron chi connectivity index (χ0n) is 8.47. The van der Waals surface area contributed by atoms with Crippen molar-refractivity contribution in [3.63, 3.8) is 0 Å². The van der Waals surface area contributed by atoms with Crippen molar-refractivity contribution in [2.75, 3.05) is 18.1 Å². The van der Waals surface area contributed by atoms with Gasteiger partial charge >= 0.3 is 0 Å². The Morgan fingerprint density at radius 3 is 2.77 bits per heavy atom. The SMILES string of the molecule is CCOC1(C(=O)CC)CCCSC1. The molecule has 0 saturated carbocycles. The van der Waals surface area contributed by atoms with Crippen LogP contribution in [0.3, 0.4) is 0 Å². The molecule has 3 heteroatoms. The third kappa shape index (κ3) is 2.47. The third-order valence-corrected chi connectivity index (χ3v) is 3.70. The summed E-state index contributed by atoms with van der Waals surface area (Å²) in [4.78, 5) is 11.7. The Morgan fingerprint density at radius 2 is 2.31 bits per heavy atom. The van der Waals surface area contributed by atoms with Crippen LogP contribution in [0.1, 0.15) is 33.1 Å².